The monoisotopic (exact) mass is 224 g/mol. The van der Waals surface area contributed by atoms with Gasteiger partial charge in [-0.3, -0.25) is 0 Å². The van der Waals surface area contributed by atoms with Gasteiger partial charge in [-0.2, -0.15) is 0 Å². The number of ether oxygens (including phenoxy) is 1. The van der Waals surface area contributed by atoms with Gasteiger partial charge in [-0.05, 0) is 37.5 Å². The van der Waals surface area contributed by atoms with Crippen LogP contribution in [0.1, 0.15) is 23.1 Å². The molecule has 0 saturated heterocycles. The Kier molecular flexibility index (Phi) is 4.70. The van der Waals surface area contributed by atoms with Crippen LogP contribution < -0.4 is 4.74 Å². The molecule has 2 heteroatoms. The summed E-state index contributed by atoms with van der Waals surface area (Å²) < 4.78 is 5.35. The number of allylic oxidation sites excluding steroid dienone is 1. The molecule has 0 aliphatic heterocycles. The zero-order chi connectivity index (χ0) is 11.3. The molecule has 0 heterocycles. The Morgan fingerprint density at radius 1 is 1.33 bits per heavy atom. The molecule has 0 amide bonds. The van der Waals surface area contributed by atoms with Crippen molar-refractivity contribution in [1.82, 2.24) is 0 Å². The van der Waals surface area contributed by atoms with Crippen LogP contribution in [0.25, 0.3) is 6.08 Å². The Morgan fingerprint density at radius 2 is 2.07 bits per heavy atom. The van der Waals surface area contributed by atoms with Crippen LogP contribution in [0.5, 0.6) is 5.75 Å². The maximum atomic E-state index is 5.62. The van der Waals surface area contributed by atoms with Crippen LogP contribution in [0.4, 0.5) is 0 Å². The standard InChI is InChI=1S/C13H17ClO/c1-10-8-11(2)12(6-4-5-7-14)13(9-10)15-3/h4,6,8-9H,5,7H2,1-3H3/b6-4+. The quantitative estimate of drug-likeness (QED) is 0.704. The van der Waals surface area contributed by atoms with Crippen LogP contribution in [0, 0.1) is 13.8 Å². The van der Waals surface area contributed by atoms with Gasteiger partial charge in [0.05, 0.1) is 7.11 Å². The number of benzene rings is 1. The molecular weight excluding hydrogens is 208 g/mol. The van der Waals surface area contributed by atoms with Gasteiger partial charge in [0.15, 0.2) is 0 Å². The molecule has 0 spiro atoms. The molecule has 0 aromatic heterocycles. The second kappa shape index (κ2) is 5.82. The molecule has 1 aromatic rings. The minimum Gasteiger partial charge on any atom is -0.496 e. The Morgan fingerprint density at radius 3 is 2.67 bits per heavy atom. The highest BCUT2D eigenvalue weighted by Gasteiger charge is 2.03. The maximum Gasteiger partial charge on any atom is 0.126 e. The van der Waals surface area contributed by atoms with Crippen LogP contribution in [-0.2, 0) is 0 Å². The van der Waals surface area contributed by atoms with E-state index in [1.54, 1.807) is 7.11 Å². The number of rotatable bonds is 4. The molecule has 0 fully saturated rings. The van der Waals surface area contributed by atoms with Crippen LogP contribution in [0.3, 0.4) is 0 Å². The van der Waals surface area contributed by atoms with Gasteiger partial charge >= 0.3 is 0 Å². The summed E-state index contributed by atoms with van der Waals surface area (Å²) >= 11 is 5.62. The van der Waals surface area contributed by atoms with Gasteiger partial charge in [0.2, 0.25) is 0 Å². The van der Waals surface area contributed by atoms with E-state index in [0.29, 0.717) is 5.88 Å². The Hall–Kier alpha value is -0.950. The minimum absolute atomic E-state index is 0.656. The fourth-order valence-corrected chi connectivity index (χ4v) is 1.71. The first-order valence-electron chi connectivity index (χ1n) is 5.06. The third-order valence-corrected chi connectivity index (χ3v) is 2.49. The SMILES string of the molecule is COc1cc(C)cc(C)c1/C=C/CCCl. The van der Waals surface area contributed by atoms with E-state index in [2.05, 4.69) is 32.1 Å². The molecule has 15 heavy (non-hydrogen) atoms. The number of hydrogen-bond donors (Lipinski definition) is 0. The lowest BCUT2D eigenvalue weighted by molar-refractivity contribution is 0.413. The molecule has 0 saturated carbocycles. The van der Waals surface area contributed by atoms with E-state index in [-0.39, 0.29) is 0 Å². The normalized spacial score (nSPS) is 10.9. The first kappa shape index (κ1) is 12.1. The highest BCUT2D eigenvalue weighted by molar-refractivity contribution is 6.17. The number of hydrogen-bond acceptors (Lipinski definition) is 1. The lowest BCUT2D eigenvalue weighted by atomic mass is 10.0. The molecule has 82 valence electrons. The van der Waals surface area contributed by atoms with Crippen LogP contribution in [-0.4, -0.2) is 13.0 Å². The zero-order valence-corrected chi connectivity index (χ0v) is 10.3. The summed E-state index contributed by atoms with van der Waals surface area (Å²) in [4.78, 5) is 0. The van der Waals surface area contributed by atoms with Crippen molar-refractivity contribution in [2.45, 2.75) is 20.3 Å². The fourth-order valence-electron chi connectivity index (χ4n) is 1.59. The highest BCUT2D eigenvalue weighted by Crippen LogP contribution is 2.25. The summed E-state index contributed by atoms with van der Waals surface area (Å²) in [5, 5.41) is 0. The topological polar surface area (TPSA) is 9.23 Å². The van der Waals surface area contributed by atoms with E-state index in [9.17, 15) is 0 Å². The van der Waals surface area contributed by atoms with E-state index in [1.807, 2.05) is 6.07 Å². The second-order valence-corrected chi connectivity index (χ2v) is 3.96. The summed E-state index contributed by atoms with van der Waals surface area (Å²) in [6.07, 6.45) is 5.04. The van der Waals surface area contributed by atoms with E-state index in [1.165, 1.54) is 11.1 Å². The Bertz CT molecular complexity index is 356. The van der Waals surface area contributed by atoms with Crippen LogP contribution in [0.2, 0.25) is 0 Å². The average Bonchev–Trinajstić information content (AvgIpc) is 2.20. The third-order valence-electron chi connectivity index (χ3n) is 2.27. The van der Waals surface area contributed by atoms with Gasteiger partial charge in [0, 0.05) is 11.4 Å². The molecule has 0 aliphatic carbocycles. The summed E-state index contributed by atoms with van der Waals surface area (Å²) in [7, 11) is 1.70. The van der Waals surface area contributed by atoms with E-state index >= 15 is 0 Å². The van der Waals surface area contributed by atoms with E-state index in [0.717, 1.165) is 17.7 Å². The molecule has 0 unspecified atom stereocenters. The minimum atomic E-state index is 0.656. The summed E-state index contributed by atoms with van der Waals surface area (Å²) in [6, 6.07) is 4.20. The molecule has 0 aliphatic rings. The van der Waals surface area contributed by atoms with Gasteiger partial charge in [0.1, 0.15) is 5.75 Å². The van der Waals surface area contributed by atoms with Crippen LogP contribution >= 0.6 is 11.6 Å². The average molecular weight is 225 g/mol. The fraction of sp³-hybridized carbons (Fsp3) is 0.385. The van der Waals surface area contributed by atoms with Gasteiger partial charge < -0.3 is 4.74 Å². The van der Waals surface area contributed by atoms with Crippen molar-refractivity contribution in [2.75, 3.05) is 13.0 Å². The second-order valence-electron chi connectivity index (χ2n) is 3.58. The van der Waals surface area contributed by atoms with Gasteiger partial charge in [-0.1, -0.05) is 18.2 Å². The van der Waals surface area contributed by atoms with Gasteiger partial charge in [0.25, 0.3) is 0 Å². The molecular formula is C13H17ClO. The Balaban J connectivity index is 3.04. The maximum absolute atomic E-state index is 5.62. The van der Waals surface area contributed by atoms with Crippen molar-refractivity contribution >= 4 is 17.7 Å². The van der Waals surface area contributed by atoms with Crippen LogP contribution in [0.15, 0.2) is 18.2 Å². The molecule has 0 N–H and O–H groups in total. The molecule has 1 aromatic carbocycles. The molecule has 0 bridgehead atoms. The first-order valence-corrected chi connectivity index (χ1v) is 5.60. The summed E-state index contributed by atoms with van der Waals surface area (Å²) in [5.41, 5.74) is 3.60. The number of halogens is 1. The lowest BCUT2D eigenvalue weighted by Crippen LogP contribution is -1.91. The third kappa shape index (κ3) is 3.28. The molecule has 0 atom stereocenters. The highest BCUT2D eigenvalue weighted by atomic mass is 35.5. The first-order chi connectivity index (χ1) is 7.19. The lowest BCUT2D eigenvalue weighted by Gasteiger charge is -2.09. The smallest absolute Gasteiger partial charge is 0.126 e. The summed E-state index contributed by atoms with van der Waals surface area (Å²) in [5.74, 6) is 1.59. The number of methoxy groups -OCH3 is 1. The van der Waals surface area contributed by atoms with Crippen molar-refractivity contribution < 1.29 is 4.74 Å². The predicted molar refractivity (Wildman–Crippen MR) is 66.8 cm³/mol. The van der Waals surface area contributed by atoms with Crippen molar-refractivity contribution in [1.29, 1.82) is 0 Å². The molecule has 0 radical (unpaired) electrons. The molecule has 1 rings (SSSR count). The molecule has 1 nitrogen and oxygen atoms in total. The van der Waals surface area contributed by atoms with Crippen molar-refractivity contribution in [3.63, 3.8) is 0 Å². The predicted octanol–water partition coefficient (Wildman–Crippen LogP) is 3.95. The van der Waals surface area contributed by atoms with E-state index in [4.69, 9.17) is 16.3 Å². The zero-order valence-electron chi connectivity index (χ0n) is 9.51. The number of aryl methyl sites for hydroxylation is 2. The van der Waals surface area contributed by atoms with Crippen molar-refractivity contribution in [3.05, 3.63) is 34.9 Å². The summed E-state index contributed by atoms with van der Waals surface area (Å²) in [6.45, 7) is 4.16. The van der Waals surface area contributed by atoms with Gasteiger partial charge in [-0.25, -0.2) is 0 Å². The van der Waals surface area contributed by atoms with Gasteiger partial charge in [-0.15, -0.1) is 11.6 Å². The number of alkyl halides is 1. The van der Waals surface area contributed by atoms with Crippen molar-refractivity contribution in [3.8, 4) is 5.75 Å². The largest absolute Gasteiger partial charge is 0.496 e. The van der Waals surface area contributed by atoms with E-state index < -0.39 is 0 Å². The Labute approximate surface area is 96.7 Å². The van der Waals surface area contributed by atoms with Crippen molar-refractivity contribution in [2.24, 2.45) is 0 Å².